The molecule has 3 rings (SSSR count). The lowest BCUT2D eigenvalue weighted by Gasteiger charge is -2.40. The van der Waals surface area contributed by atoms with E-state index in [4.69, 9.17) is 10.5 Å². The first kappa shape index (κ1) is 14.3. The third-order valence-corrected chi connectivity index (χ3v) is 5.65. The minimum atomic E-state index is -0.461. The van der Waals surface area contributed by atoms with Crippen molar-refractivity contribution >= 4 is 11.8 Å². The van der Waals surface area contributed by atoms with Gasteiger partial charge in [0.2, 0.25) is 0 Å². The molecule has 5 heteroatoms. The molecule has 3 atom stereocenters. The fourth-order valence-electron chi connectivity index (χ4n) is 3.26. The first-order valence-electron chi connectivity index (χ1n) is 7.02. The molecule has 2 N–H and O–H groups in total. The van der Waals surface area contributed by atoms with Crippen molar-refractivity contribution in [1.29, 1.82) is 0 Å². The summed E-state index contributed by atoms with van der Waals surface area (Å²) in [7, 11) is 0. The van der Waals surface area contributed by atoms with Crippen molar-refractivity contribution in [2.75, 3.05) is 18.1 Å². The van der Waals surface area contributed by atoms with E-state index in [9.17, 15) is 8.78 Å². The topological polar surface area (TPSA) is 35.2 Å². The second-order valence-electron chi connectivity index (χ2n) is 5.78. The molecule has 0 aromatic heterocycles. The van der Waals surface area contributed by atoms with E-state index in [1.54, 1.807) is 0 Å². The number of nitrogens with two attached hydrogens (primary N) is 1. The minimum absolute atomic E-state index is 0.0883. The summed E-state index contributed by atoms with van der Waals surface area (Å²) < 4.78 is 33.1. The second-order valence-corrected chi connectivity index (χ2v) is 6.88. The van der Waals surface area contributed by atoms with Gasteiger partial charge in [-0.2, -0.15) is 11.8 Å². The van der Waals surface area contributed by atoms with Crippen LogP contribution in [0, 0.1) is 17.6 Å². The van der Waals surface area contributed by atoms with Gasteiger partial charge >= 0.3 is 0 Å². The van der Waals surface area contributed by atoms with Gasteiger partial charge in [-0.3, -0.25) is 0 Å². The molecule has 2 heterocycles. The Bertz CT molecular complexity index is 491. The molecule has 2 aliphatic heterocycles. The van der Waals surface area contributed by atoms with E-state index in [0.717, 1.165) is 42.9 Å². The van der Waals surface area contributed by atoms with E-state index in [0.29, 0.717) is 6.61 Å². The summed E-state index contributed by atoms with van der Waals surface area (Å²) >= 11 is 1.89. The van der Waals surface area contributed by atoms with Crippen molar-refractivity contribution in [3.63, 3.8) is 0 Å². The lowest BCUT2D eigenvalue weighted by atomic mass is 9.79. The van der Waals surface area contributed by atoms with Crippen LogP contribution in [0.5, 0.6) is 0 Å². The molecule has 0 bridgehead atoms. The third kappa shape index (κ3) is 2.71. The van der Waals surface area contributed by atoms with Gasteiger partial charge in [-0.15, -0.1) is 0 Å². The number of ether oxygens (including phenoxy) is 1. The van der Waals surface area contributed by atoms with E-state index < -0.39 is 17.7 Å². The van der Waals surface area contributed by atoms with Gasteiger partial charge in [0, 0.05) is 24.0 Å². The second kappa shape index (κ2) is 5.62. The molecule has 110 valence electrons. The number of hydrogen-bond donors (Lipinski definition) is 1. The summed E-state index contributed by atoms with van der Waals surface area (Å²) in [5, 5.41) is 0. The molecule has 20 heavy (non-hydrogen) atoms. The maximum atomic E-state index is 13.9. The first-order valence-corrected chi connectivity index (χ1v) is 8.17. The van der Waals surface area contributed by atoms with Crippen LogP contribution in [0.4, 0.5) is 8.78 Å². The fourth-order valence-corrected chi connectivity index (χ4v) is 4.64. The Balaban J connectivity index is 1.79. The number of rotatable bonds is 2. The Morgan fingerprint density at radius 2 is 2.25 bits per heavy atom. The molecule has 0 radical (unpaired) electrons. The van der Waals surface area contributed by atoms with Gasteiger partial charge in [0.1, 0.15) is 11.6 Å². The molecule has 2 saturated heterocycles. The maximum absolute atomic E-state index is 13.9. The highest BCUT2D eigenvalue weighted by molar-refractivity contribution is 7.99. The van der Waals surface area contributed by atoms with Gasteiger partial charge < -0.3 is 10.5 Å². The van der Waals surface area contributed by atoms with Gasteiger partial charge in [-0.1, -0.05) is 0 Å². The number of thioether (sulfide) groups is 1. The molecule has 2 nitrogen and oxygen atoms in total. The van der Waals surface area contributed by atoms with E-state index in [2.05, 4.69) is 0 Å². The highest BCUT2D eigenvalue weighted by Crippen LogP contribution is 2.43. The molecule has 2 fully saturated rings. The predicted molar refractivity (Wildman–Crippen MR) is 76.6 cm³/mol. The van der Waals surface area contributed by atoms with Gasteiger partial charge in [-0.05, 0) is 49.1 Å². The molecule has 0 saturated carbocycles. The minimum Gasteiger partial charge on any atom is -0.374 e. The van der Waals surface area contributed by atoms with Gasteiger partial charge in [0.15, 0.2) is 0 Å². The van der Waals surface area contributed by atoms with Gasteiger partial charge in [-0.25, -0.2) is 8.78 Å². The quantitative estimate of drug-likeness (QED) is 0.910. The molecular formula is C15H19F2NOS. The summed E-state index contributed by atoms with van der Waals surface area (Å²) in [6, 6.07) is 3.05. The molecule has 1 aromatic rings. The van der Waals surface area contributed by atoms with Crippen molar-refractivity contribution in [3.05, 3.63) is 35.4 Å². The Kier molecular flexibility index (Phi) is 4.02. The molecule has 0 aliphatic carbocycles. The third-order valence-electron chi connectivity index (χ3n) is 4.42. The summed E-state index contributed by atoms with van der Waals surface area (Å²) in [4.78, 5) is 0. The first-order chi connectivity index (χ1) is 9.60. The Hall–Kier alpha value is -0.650. The zero-order valence-corrected chi connectivity index (χ0v) is 12.1. The highest BCUT2D eigenvalue weighted by atomic mass is 32.2. The lowest BCUT2D eigenvalue weighted by Crippen LogP contribution is -2.42. The summed E-state index contributed by atoms with van der Waals surface area (Å²) in [6.45, 7) is 0.663. The Labute approximate surface area is 122 Å². The Morgan fingerprint density at radius 3 is 3.00 bits per heavy atom. The normalized spacial score (nSPS) is 31.6. The molecule has 2 aliphatic rings. The van der Waals surface area contributed by atoms with Crippen molar-refractivity contribution in [2.45, 2.75) is 30.9 Å². The molecule has 3 unspecified atom stereocenters. The predicted octanol–water partition coefficient (Wildman–Crippen LogP) is 3.27. The largest absolute Gasteiger partial charge is 0.374 e. The fraction of sp³-hybridized carbons (Fsp3) is 0.600. The van der Waals surface area contributed by atoms with Crippen LogP contribution >= 0.6 is 11.8 Å². The maximum Gasteiger partial charge on any atom is 0.128 e. The molecule has 1 aromatic carbocycles. The van der Waals surface area contributed by atoms with Crippen LogP contribution in [0.2, 0.25) is 0 Å². The average Bonchev–Trinajstić information content (AvgIpc) is 2.88. The average molecular weight is 299 g/mol. The van der Waals surface area contributed by atoms with Crippen LogP contribution in [0.3, 0.4) is 0 Å². The van der Waals surface area contributed by atoms with E-state index >= 15 is 0 Å². The zero-order valence-electron chi connectivity index (χ0n) is 11.3. The van der Waals surface area contributed by atoms with Crippen LogP contribution in [-0.2, 0) is 4.74 Å². The molecule has 0 amide bonds. The smallest absolute Gasteiger partial charge is 0.128 e. The van der Waals surface area contributed by atoms with Gasteiger partial charge in [0.25, 0.3) is 0 Å². The van der Waals surface area contributed by atoms with Crippen LogP contribution in [0.25, 0.3) is 0 Å². The molecule has 1 spiro atoms. The van der Waals surface area contributed by atoms with Crippen LogP contribution in [-0.4, -0.2) is 23.7 Å². The monoisotopic (exact) mass is 299 g/mol. The standard InChI is InChI=1S/C15H19F2NOS/c16-11-1-2-13(17)12(7-11)14(18)10-3-5-19-15(8-10)4-6-20-9-15/h1-2,7,10,14H,3-6,8-9,18H2. The van der Waals surface area contributed by atoms with Crippen LogP contribution < -0.4 is 5.73 Å². The summed E-state index contributed by atoms with van der Waals surface area (Å²) in [6.07, 6.45) is 2.69. The van der Waals surface area contributed by atoms with E-state index in [1.807, 2.05) is 11.8 Å². The summed E-state index contributed by atoms with van der Waals surface area (Å²) in [5.74, 6) is 1.40. The Morgan fingerprint density at radius 1 is 1.40 bits per heavy atom. The van der Waals surface area contributed by atoms with Crippen LogP contribution in [0.1, 0.15) is 30.9 Å². The van der Waals surface area contributed by atoms with E-state index in [1.165, 1.54) is 6.07 Å². The molecular weight excluding hydrogens is 280 g/mol. The van der Waals surface area contributed by atoms with E-state index in [-0.39, 0.29) is 17.1 Å². The van der Waals surface area contributed by atoms with Crippen molar-refractivity contribution in [1.82, 2.24) is 0 Å². The summed E-state index contributed by atoms with van der Waals surface area (Å²) in [5.41, 5.74) is 6.42. The lowest BCUT2D eigenvalue weighted by molar-refractivity contribution is -0.0835. The highest BCUT2D eigenvalue weighted by Gasteiger charge is 2.42. The van der Waals surface area contributed by atoms with Gasteiger partial charge in [0.05, 0.1) is 5.60 Å². The van der Waals surface area contributed by atoms with Crippen molar-refractivity contribution in [2.24, 2.45) is 11.7 Å². The number of hydrogen-bond acceptors (Lipinski definition) is 3. The zero-order chi connectivity index (χ0) is 14.2. The van der Waals surface area contributed by atoms with Crippen molar-refractivity contribution < 1.29 is 13.5 Å². The van der Waals surface area contributed by atoms with Crippen molar-refractivity contribution in [3.8, 4) is 0 Å². The number of benzene rings is 1. The van der Waals surface area contributed by atoms with Crippen LogP contribution in [0.15, 0.2) is 18.2 Å². The number of halogens is 2. The SMILES string of the molecule is NC(c1cc(F)ccc1F)C1CCOC2(CCSC2)C1.